The molecule has 2 amide bonds. The molecule has 1 aliphatic heterocycles. The van der Waals surface area contributed by atoms with Gasteiger partial charge in [-0.3, -0.25) is 14.9 Å². The summed E-state index contributed by atoms with van der Waals surface area (Å²) in [5.74, 6) is 0.470. The number of anilines is 2. The number of rotatable bonds is 5. The number of piperazine rings is 1. The predicted molar refractivity (Wildman–Crippen MR) is 137 cm³/mol. The SMILES string of the molecule is CC(C)c1ccc(C(=O)NC(=S)Nc2ccc(N3CCN(C(=O)c4ccco4)CC3)cc2)cc1. The molecule has 2 aromatic carbocycles. The Hall–Kier alpha value is -3.65. The lowest BCUT2D eigenvalue weighted by Gasteiger charge is -2.35. The third-order valence-corrected chi connectivity index (χ3v) is 6.06. The van der Waals surface area contributed by atoms with E-state index in [1.807, 2.05) is 53.4 Å². The van der Waals surface area contributed by atoms with E-state index in [0.717, 1.165) is 24.5 Å². The first-order valence-electron chi connectivity index (χ1n) is 11.3. The van der Waals surface area contributed by atoms with Crippen LogP contribution in [0.15, 0.2) is 71.3 Å². The molecule has 0 saturated carbocycles. The number of nitrogens with one attached hydrogen (secondary N) is 2. The number of thiocarbonyl (C=S) groups is 1. The number of nitrogens with zero attached hydrogens (tertiary/aromatic N) is 2. The average Bonchev–Trinajstić information content (AvgIpc) is 3.39. The minimum atomic E-state index is -0.244. The van der Waals surface area contributed by atoms with Crippen LogP contribution in [-0.4, -0.2) is 48.0 Å². The zero-order valence-corrected chi connectivity index (χ0v) is 20.1. The Morgan fingerprint density at radius 1 is 0.941 bits per heavy atom. The van der Waals surface area contributed by atoms with Gasteiger partial charge in [0.05, 0.1) is 6.26 Å². The van der Waals surface area contributed by atoms with E-state index in [1.165, 1.54) is 11.8 Å². The van der Waals surface area contributed by atoms with Crippen LogP contribution in [0.2, 0.25) is 0 Å². The molecule has 4 rings (SSSR count). The van der Waals surface area contributed by atoms with Crippen LogP contribution >= 0.6 is 12.2 Å². The highest BCUT2D eigenvalue weighted by Crippen LogP contribution is 2.20. The van der Waals surface area contributed by atoms with Crippen LogP contribution in [0.25, 0.3) is 0 Å². The van der Waals surface area contributed by atoms with Crippen LogP contribution in [0.5, 0.6) is 0 Å². The van der Waals surface area contributed by atoms with Gasteiger partial charge < -0.3 is 19.5 Å². The minimum Gasteiger partial charge on any atom is -0.459 e. The quantitative estimate of drug-likeness (QED) is 0.529. The van der Waals surface area contributed by atoms with Gasteiger partial charge in [0.25, 0.3) is 11.8 Å². The molecule has 0 atom stereocenters. The Bertz CT molecular complexity index is 1130. The summed E-state index contributed by atoms with van der Waals surface area (Å²) in [6.07, 6.45) is 1.51. The number of furan rings is 1. The van der Waals surface area contributed by atoms with E-state index in [9.17, 15) is 9.59 Å². The van der Waals surface area contributed by atoms with Crippen molar-refractivity contribution in [3.05, 3.63) is 83.8 Å². The van der Waals surface area contributed by atoms with Gasteiger partial charge >= 0.3 is 0 Å². The second-order valence-corrected chi connectivity index (χ2v) is 8.90. The second-order valence-electron chi connectivity index (χ2n) is 8.49. The van der Waals surface area contributed by atoms with Gasteiger partial charge in [-0.05, 0) is 72.2 Å². The first-order chi connectivity index (χ1) is 16.4. The summed E-state index contributed by atoms with van der Waals surface area (Å²) in [4.78, 5) is 28.9. The molecule has 1 aromatic heterocycles. The molecular formula is C26H28N4O3S. The van der Waals surface area contributed by atoms with Gasteiger partial charge in [0.1, 0.15) is 0 Å². The minimum absolute atomic E-state index is 0.0735. The molecule has 2 N–H and O–H groups in total. The third-order valence-electron chi connectivity index (χ3n) is 5.86. The summed E-state index contributed by atoms with van der Waals surface area (Å²) < 4.78 is 5.22. The maximum atomic E-state index is 12.5. The molecule has 0 spiro atoms. The van der Waals surface area contributed by atoms with Crippen LogP contribution in [-0.2, 0) is 0 Å². The predicted octanol–water partition coefficient (Wildman–Crippen LogP) is 4.49. The molecule has 0 unspecified atom stereocenters. The van der Waals surface area contributed by atoms with Crippen molar-refractivity contribution in [2.75, 3.05) is 36.4 Å². The Balaban J connectivity index is 1.27. The molecule has 0 radical (unpaired) electrons. The van der Waals surface area contributed by atoms with Crippen LogP contribution in [0.4, 0.5) is 11.4 Å². The monoisotopic (exact) mass is 476 g/mol. The lowest BCUT2D eigenvalue weighted by atomic mass is 10.0. The van der Waals surface area contributed by atoms with Gasteiger partial charge in [0.15, 0.2) is 10.9 Å². The van der Waals surface area contributed by atoms with E-state index in [4.69, 9.17) is 16.6 Å². The number of carbonyl (C=O) groups is 2. The van der Waals surface area contributed by atoms with E-state index in [0.29, 0.717) is 30.3 Å². The van der Waals surface area contributed by atoms with Gasteiger partial charge in [-0.25, -0.2) is 0 Å². The standard InChI is InChI=1S/C26H28N4O3S/c1-18(2)19-5-7-20(8-6-19)24(31)28-26(34)27-21-9-11-22(12-10-21)29-13-15-30(16-14-29)25(32)23-4-3-17-33-23/h3-12,17-18H,13-16H2,1-2H3,(H2,27,28,31,34). The Labute approximate surface area is 204 Å². The summed E-state index contributed by atoms with van der Waals surface area (Å²) >= 11 is 5.31. The number of hydrogen-bond donors (Lipinski definition) is 2. The molecule has 34 heavy (non-hydrogen) atoms. The first kappa shape index (κ1) is 23.5. The molecule has 0 bridgehead atoms. The molecule has 8 heteroatoms. The highest BCUT2D eigenvalue weighted by molar-refractivity contribution is 7.80. The van der Waals surface area contributed by atoms with Gasteiger partial charge in [0, 0.05) is 43.1 Å². The van der Waals surface area contributed by atoms with Crippen LogP contribution < -0.4 is 15.5 Å². The molecule has 1 fully saturated rings. The number of amides is 2. The summed E-state index contributed by atoms with van der Waals surface area (Å²) in [6, 6.07) is 18.8. The highest BCUT2D eigenvalue weighted by atomic mass is 32.1. The second kappa shape index (κ2) is 10.5. The Kier molecular flexibility index (Phi) is 7.27. The Morgan fingerprint density at radius 2 is 1.62 bits per heavy atom. The fourth-order valence-electron chi connectivity index (χ4n) is 3.84. The molecule has 1 saturated heterocycles. The number of benzene rings is 2. The van der Waals surface area contributed by atoms with Crippen LogP contribution in [0, 0.1) is 0 Å². The van der Waals surface area contributed by atoms with E-state index in [1.54, 1.807) is 12.1 Å². The topological polar surface area (TPSA) is 77.8 Å². The van der Waals surface area contributed by atoms with E-state index >= 15 is 0 Å². The smallest absolute Gasteiger partial charge is 0.289 e. The van der Waals surface area contributed by atoms with Crippen molar-refractivity contribution in [1.82, 2.24) is 10.2 Å². The number of carbonyl (C=O) groups excluding carboxylic acids is 2. The van der Waals surface area contributed by atoms with Crippen molar-refractivity contribution in [3.8, 4) is 0 Å². The maximum absolute atomic E-state index is 12.5. The molecule has 176 valence electrons. The molecular weight excluding hydrogens is 448 g/mol. The largest absolute Gasteiger partial charge is 0.459 e. The maximum Gasteiger partial charge on any atom is 0.289 e. The third kappa shape index (κ3) is 5.63. The van der Waals surface area contributed by atoms with Crippen molar-refractivity contribution >= 4 is 40.5 Å². The van der Waals surface area contributed by atoms with E-state index < -0.39 is 0 Å². The van der Waals surface area contributed by atoms with Gasteiger partial charge in [0.2, 0.25) is 0 Å². The molecule has 0 aliphatic carbocycles. The normalized spacial score (nSPS) is 13.6. The lowest BCUT2D eigenvalue weighted by Crippen LogP contribution is -2.48. The summed E-state index contributed by atoms with van der Waals surface area (Å²) in [6.45, 7) is 6.97. The van der Waals surface area contributed by atoms with E-state index in [2.05, 4.69) is 29.4 Å². The van der Waals surface area contributed by atoms with Gasteiger partial charge in [-0.15, -0.1) is 0 Å². The van der Waals surface area contributed by atoms with Crippen molar-refractivity contribution < 1.29 is 14.0 Å². The van der Waals surface area contributed by atoms with Crippen LogP contribution in [0.3, 0.4) is 0 Å². The Morgan fingerprint density at radius 3 is 2.21 bits per heavy atom. The summed E-state index contributed by atoms with van der Waals surface area (Å²) in [5, 5.41) is 6.03. The zero-order valence-electron chi connectivity index (χ0n) is 19.3. The zero-order chi connectivity index (χ0) is 24.1. The van der Waals surface area contributed by atoms with Crippen LogP contribution in [0.1, 0.15) is 46.2 Å². The van der Waals surface area contributed by atoms with Gasteiger partial charge in [-0.1, -0.05) is 26.0 Å². The lowest BCUT2D eigenvalue weighted by molar-refractivity contribution is 0.0714. The first-order valence-corrected chi connectivity index (χ1v) is 11.7. The van der Waals surface area contributed by atoms with Crippen molar-refractivity contribution in [1.29, 1.82) is 0 Å². The van der Waals surface area contributed by atoms with Crippen molar-refractivity contribution in [3.63, 3.8) is 0 Å². The molecule has 1 aliphatic rings. The van der Waals surface area contributed by atoms with Crippen molar-refractivity contribution in [2.24, 2.45) is 0 Å². The van der Waals surface area contributed by atoms with Crippen molar-refractivity contribution in [2.45, 2.75) is 19.8 Å². The number of hydrogen-bond acceptors (Lipinski definition) is 5. The highest BCUT2D eigenvalue weighted by Gasteiger charge is 2.23. The average molecular weight is 477 g/mol. The molecule has 2 heterocycles. The van der Waals surface area contributed by atoms with E-state index in [-0.39, 0.29) is 16.9 Å². The molecule has 7 nitrogen and oxygen atoms in total. The van der Waals surface area contributed by atoms with Gasteiger partial charge in [-0.2, -0.15) is 0 Å². The fourth-order valence-corrected chi connectivity index (χ4v) is 4.05. The summed E-state index contributed by atoms with van der Waals surface area (Å²) in [7, 11) is 0. The fraction of sp³-hybridized carbons (Fsp3) is 0.269. The summed E-state index contributed by atoms with van der Waals surface area (Å²) in [5.41, 5.74) is 3.60. The molecule has 3 aromatic rings.